The van der Waals surface area contributed by atoms with Gasteiger partial charge in [0.05, 0.1) is 6.61 Å². The summed E-state index contributed by atoms with van der Waals surface area (Å²) in [5, 5.41) is 0.809. The summed E-state index contributed by atoms with van der Waals surface area (Å²) in [7, 11) is 3.37. The van der Waals surface area contributed by atoms with Crippen LogP contribution in [0.15, 0.2) is 17.8 Å². The Balaban J connectivity index is 2.45. The highest BCUT2D eigenvalue weighted by atomic mass is 32.2. The molecule has 0 aliphatic heterocycles. The van der Waals surface area contributed by atoms with Crippen LogP contribution < -0.4 is 4.74 Å². The average Bonchev–Trinajstić information content (AvgIpc) is 2.66. The second-order valence-corrected chi connectivity index (χ2v) is 4.66. The molecule has 16 heavy (non-hydrogen) atoms. The molecule has 1 heterocycles. The van der Waals surface area contributed by atoms with Crippen molar-refractivity contribution in [3.63, 3.8) is 0 Å². The van der Waals surface area contributed by atoms with Crippen LogP contribution in [0.4, 0.5) is 4.79 Å². The largest absolute Gasteiger partial charge is 0.469 e. The summed E-state index contributed by atoms with van der Waals surface area (Å²) in [6.07, 6.45) is 2.53. The van der Waals surface area contributed by atoms with Gasteiger partial charge in [0.1, 0.15) is 0 Å². The van der Waals surface area contributed by atoms with Crippen molar-refractivity contribution in [2.75, 3.05) is 20.7 Å². The van der Waals surface area contributed by atoms with Crippen LogP contribution in [0.2, 0.25) is 0 Å². The molecule has 1 aromatic rings. The molecule has 88 valence electrons. The fourth-order valence-corrected chi connectivity index (χ4v) is 1.94. The van der Waals surface area contributed by atoms with Gasteiger partial charge in [-0.15, -0.1) is 6.58 Å². The maximum atomic E-state index is 11.3. The lowest BCUT2D eigenvalue weighted by Crippen LogP contribution is -2.16. The summed E-state index contributed by atoms with van der Waals surface area (Å²) in [6, 6.07) is 0. The van der Waals surface area contributed by atoms with Gasteiger partial charge in [-0.3, -0.25) is 4.79 Å². The summed E-state index contributed by atoms with van der Waals surface area (Å²) in [4.78, 5) is 16.9. The number of hydrogen-bond donors (Lipinski definition) is 0. The van der Waals surface area contributed by atoms with E-state index in [2.05, 4.69) is 15.9 Å². The predicted octanol–water partition coefficient (Wildman–Crippen LogP) is 2.27. The Morgan fingerprint density at radius 2 is 2.44 bits per heavy atom. The summed E-state index contributed by atoms with van der Waals surface area (Å²) in [5.41, 5.74) is 0. The van der Waals surface area contributed by atoms with Gasteiger partial charge < -0.3 is 9.64 Å². The Morgan fingerprint density at radius 3 is 3.06 bits per heavy atom. The van der Waals surface area contributed by atoms with Crippen LogP contribution in [-0.4, -0.2) is 40.2 Å². The van der Waals surface area contributed by atoms with E-state index in [0.717, 1.165) is 29.7 Å². The topological polar surface area (TPSA) is 55.3 Å². The Bertz CT molecular complexity index is 365. The first kappa shape index (κ1) is 13.0. The van der Waals surface area contributed by atoms with E-state index < -0.39 is 0 Å². The minimum atomic E-state index is -0.101. The molecule has 5 nitrogen and oxygen atoms in total. The van der Waals surface area contributed by atoms with Gasteiger partial charge in [0, 0.05) is 37.4 Å². The van der Waals surface area contributed by atoms with Gasteiger partial charge in [0.25, 0.3) is 10.4 Å². The van der Waals surface area contributed by atoms with E-state index in [4.69, 9.17) is 4.74 Å². The van der Waals surface area contributed by atoms with E-state index in [1.54, 1.807) is 20.2 Å². The highest BCUT2D eigenvalue weighted by molar-refractivity contribution is 8.13. The molecule has 0 saturated carbocycles. The van der Waals surface area contributed by atoms with Gasteiger partial charge in [0.15, 0.2) is 0 Å². The van der Waals surface area contributed by atoms with Crippen LogP contribution in [0, 0.1) is 0 Å². The minimum Gasteiger partial charge on any atom is -0.469 e. The molecule has 1 aromatic heterocycles. The molecule has 0 saturated heterocycles. The summed E-state index contributed by atoms with van der Waals surface area (Å²) in [6.45, 7) is 4.12. The van der Waals surface area contributed by atoms with Gasteiger partial charge in [-0.05, 0) is 6.42 Å². The van der Waals surface area contributed by atoms with E-state index in [1.165, 1.54) is 4.90 Å². The third-order valence-electron chi connectivity index (χ3n) is 1.48. The molecule has 0 aliphatic rings. The zero-order chi connectivity index (χ0) is 12.0. The van der Waals surface area contributed by atoms with Crippen molar-refractivity contribution < 1.29 is 9.53 Å². The van der Waals surface area contributed by atoms with Crippen molar-refractivity contribution in [3.05, 3.63) is 12.7 Å². The fourth-order valence-electron chi connectivity index (χ4n) is 0.696. The van der Waals surface area contributed by atoms with Crippen LogP contribution in [-0.2, 0) is 0 Å². The zero-order valence-corrected chi connectivity index (χ0v) is 10.8. The highest BCUT2D eigenvalue weighted by Gasteiger charge is 2.12. The number of carbonyl (C=O) groups excluding carboxylic acids is 1. The van der Waals surface area contributed by atoms with Crippen LogP contribution in [0.25, 0.3) is 0 Å². The maximum Gasteiger partial charge on any atom is 0.293 e. The van der Waals surface area contributed by atoms with Gasteiger partial charge >= 0.3 is 0 Å². The number of amides is 1. The van der Waals surface area contributed by atoms with Crippen molar-refractivity contribution >= 4 is 28.5 Å². The molecule has 0 N–H and O–H groups in total. The molecular weight excluding hydrogens is 246 g/mol. The molecule has 0 fully saturated rings. The number of ether oxygens (including phenoxy) is 1. The van der Waals surface area contributed by atoms with Crippen LogP contribution >= 0.6 is 23.3 Å². The molecule has 1 amide bonds. The first-order valence-electron chi connectivity index (χ1n) is 4.60. The Morgan fingerprint density at radius 1 is 1.69 bits per heavy atom. The van der Waals surface area contributed by atoms with Crippen molar-refractivity contribution in [2.45, 2.75) is 11.6 Å². The smallest absolute Gasteiger partial charge is 0.293 e. The number of thioether (sulfide) groups is 1. The monoisotopic (exact) mass is 259 g/mol. The fraction of sp³-hybridized carbons (Fsp3) is 0.444. The van der Waals surface area contributed by atoms with Gasteiger partial charge in [-0.25, -0.2) is 0 Å². The number of hydrogen-bond acceptors (Lipinski definition) is 6. The van der Waals surface area contributed by atoms with E-state index in [-0.39, 0.29) is 5.24 Å². The lowest BCUT2D eigenvalue weighted by molar-refractivity contribution is 0.241. The van der Waals surface area contributed by atoms with Crippen LogP contribution in [0.5, 0.6) is 5.19 Å². The minimum absolute atomic E-state index is 0.101. The molecule has 0 aromatic carbocycles. The normalized spacial score (nSPS) is 9.88. The molecule has 0 spiro atoms. The number of carbonyl (C=O) groups is 1. The van der Waals surface area contributed by atoms with E-state index in [0.29, 0.717) is 17.0 Å². The quantitative estimate of drug-likeness (QED) is 0.461. The van der Waals surface area contributed by atoms with Gasteiger partial charge in [-0.1, -0.05) is 6.08 Å². The molecular formula is C9H13N3O2S2. The molecule has 0 radical (unpaired) electrons. The van der Waals surface area contributed by atoms with Gasteiger partial charge in [-0.2, -0.15) is 9.36 Å². The highest BCUT2D eigenvalue weighted by Crippen LogP contribution is 2.23. The third kappa shape index (κ3) is 4.19. The lowest BCUT2D eigenvalue weighted by Gasteiger charge is -2.06. The first-order chi connectivity index (χ1) is 7.63. The van der Waals surface area contributed by atoms with Gasteiger partial charge in [0.2, 0.25) is 5.16 Å². The lowest BCUT2D eigenvalue weighted by atomic mass is 10.5. The first-order valence-corrected chi connectivity index (χ1v) is 6.19. The summed E-state index contributed by atoms with van der Waals surface area (Å²) < 4.78 is 9.32. The number of nitrogens with zero attached hydrogens (tertiary/aromatic N) is 3. The molecule has 0 aliphatic carbocycles. The van der Waals surface area contributed by atoms with Crippen molar-refractivity contribution in [1.29, 1.82) is 0 Å². The third-order valence-corrected chi connectivity index (χ3v) is 3.13. The Kier molecular flexibility index (Phi) is 5.27. The Hall–Kier alpha value is -1.08. The Labute approximate surface area is 103 Å². The molecule has 7 heteroatoms. The summed E-state index contributed by atoms with van der Waals surface area (Å²) >= 11 is 2.13. The number of aromatic nitrogens is 2. The standard InChI is InChI=1S/C9H13N3O2S2/c1-4-5-6-14-8-10-7(11-16-8)15-9(13)12(2)3/h4H,1,5-6H2,2-3H3. The van der Waals surface area contributed by atoms with Crippen molar-refractivity contribution in [3.8, 4) is 5.19 Å². The molecule has 0 unspecified atom stereocenters. The van der Waals surface area contributed by atoms with Crippen LogP contribution in [0.3, 0.4) is 0 Å². The van der Waals surface area contributed by atoms with E-state index in [9.17, 15) is 4.79 Å². The predicted molar refractivity (Wildman–Crippen MR) is 65.2 cm³/mol. The molecule has 0 atom stereocenters. The average molecular weight is 259 g/mol. The number of rotatable bonds is 5. The maximum absolute atomic E-state index is 11.3. The second-order valence-electron chi connectivity index (χ2n) is 3.03. The molecule has 0 bridgehead atoms. The van der Waals surface area contributed by atoms with Crippen LogP contribution in [0.1, 0.15) is 6.42 Å². The van der Waals surface area contributed by atoms with E-state index >= 15 is 0 Å². The SMILES string of the molecule is C=CCCOc1nc(SC(=O)N(C)C)ns1. The molecule has 1 rings (SSSR count). The second kappa shape index (κ2) is 6.49. The summed E-state index contributed by atoms with van der Waals surface area (Å²) in [5.74, 6) is 0. The zero-order valence-electron chi connectivity index (χ0n) is 9.17. The van der Waals surface area contributed by atoms with E-state index in [1.807, 2.05) is 0 Å². The van der Waals surface area contributed by atoms with Crippen molar-refractivity contribution in [2.24, 2.45) is 0 Å². The van der Waals surface area contributed by atoms with Crippen molar-refractivity contribution in [1.82, 2.24) is 14.3 Å².